The fourth-order valence-electron chi connectivity index (χ4n) is 2.60. The Morgan fingerprint density at radius 2 is 2.00 bits per heavy atom. The molecule has 0 aromatic carbocycles. The maximum absolute atomic E-state index is 11.4. The van der Waals surface area contributed by atoms with Gasteiger partial charge in [0.05, 0.1) is 4.92 Å². The number of nitrogens with one attached hydrogen (secondary N) is 2. The van der Waals surface area contributed by atoms with E-state index in [1.807, 2.05) is 20.8 Å². The highest BCUT2D eigenvalue weighted by Crippen LogP contribution is 2.31. The molecule has 0 saturated carbocycles. The molecular weight excluding hydrogens is 294 g/mol. The third kappa shape index (κ3) is 5.19. The topological polar surface area (TPSA) is 93.0 Å². The number of hydrogen-bond donors (Lipinski definition) is 2. The first kappa shape index (κ1) is 17.2. The minimum absolute atomic E-state index is 0.0972. The van der Waals surface area contributed by atoms with Crippen LogP contribution in [0.4, 0.5) is 17.3 Å². The molecule has 2 N–H and O–H groups in total. The summed E-state index contributed by atoms with van der Waals surface area (Å²) in [7, 11) is 0. The smallest absolute Gasteiger partial charge is 0.353 e. The van der Waals surface area contributed by atoms with E-state index in [0.29, 0.717) is 6.54 Å². The van der Waals surface area contributed by atoms with Gasteiger partial charge in [-0.1, -0.05) is 11.6 Å². The van der Waals surface area contributed by atoms with Crippen LogP contribution in [0.1, 0.15) is 52.9 Å². The lowest BCUT2D eigenvalue weighted by molar-refractivity contribution is -0.383. The monoisotopic (exact) mass is 319 g/mol. The molecule has 0 bridgehead atoms. The predicted molar refractivity (Wildman–Crippen MR) is 91.7 cm³/mol. The van der Waals surface area contributed by atoms with Gasteiger partial charge in [-0.2, -0.15) is 0 Å². The normalized spacial score (nSPS) is 15.0. The molecular formula is C16H25N5O2. The van der Waals surface area contributed by atoms with Crippen LogP contribution in [0.3, 0.4) is 0 Å². The summed E-state index contributed by atoms with van der Waals surface area (Å²) in [6.07, 6.45) is 9.29. The molecule has 1 aromatic heterocycles. The van der Waals surface area contributed by atoms with E-state index in [1.165, 1.54) is 24.7 Å². The molecule has 1 heterocycles. The molecule has 1 aliphatic carbocycles. The highest BCUT2D eigenvalue weighted by Gasteiger charge is 2.25. The van der Waals surface area contributed by atoms with Crippen molar-refractivity contribution in [2.45, 2.75) is 58.4 Å². The molecule has 0 amide bonds. The van der Waals surface area contributed by atoms with Crippen LogP contribution in [0.5, 0.6) is 0 Å². The maximum atomic E-state index is 11.4. The predicted octanol–water partition coefficient (Wildman–Crippen LogP) is 3.90. The summed E-state index contributed by atoms with van der Waals surface area (Å²) >= 11 is 0. The lowest BCUT2D eigenvalue weighted by Crippen LogP contribution is -2.27. The molecule has 0 unspecified atom stereocenters. The SMILES string of the molecule is CC(C)(C)Nc1ncnc(NCCC2=CCCCC2)c1[N+](=O)[O-]. The average molecular weight is 319 g/mol. The van der Waals surface area contributed by atoms with Gasteiger partial charge in [0.2, 0.25) is 11.6 Å². The Hall–Kier alpha value is -2.18. The minimum Gasteiger partial charge on any atom is -0.364 e. The van der Waals surface area contributed by atoms with E-state index in [0.717, 1.165) is 19.3 Å². The van der Waals surface area contributed by atoms with E-state index in [-0.39, 0.29) is 22.9 Å². The summed E-state index contributed by atoms with van der Waals surface area (Å²) in [5.74, 6) is 0.519. The van der Waals surface area contributed by atoms with Crippen LogP contribution in [0, 0.1) is 10.1 Å². The van der Waals surface area contributed by atoms with Crippen molar-refractivity contribution in [2.24, 2.45) is 0 Å². The summed E-state index contributed by atoms with van der Waals surface area (Å²) in [6, 6.07) is 0. The molecule has 0 spiro atoms. The molecule has 2 rings (SSSR count). The van der Waals surface area contributed by atoms with Gasteiger partial charge in [-0.25, -0.2) is 9.97 Å². The Labute approximate surface area is 136 Å². The number of nitro groups is 1. The van der Waals surface area contributed by atoms with Crippen molar-refractivity contribution in [2.75, 3.05) is 17.2 Å². The summed E-state index contributed by atoms with van der Waals surface area (Å²) < 4.78 is 0. The number of aromatic nitrogens is 2. The minimum atomic E-state index is -0.434. The van der Waals surface area contributed by atoms with Gasteiger partial charge in [0.1, 0.15) is 6.33 Å². The zero-order valence-corrected chi connectivity index (χ0v) is 14.1. The Balaban J connectivity index is 2.09. The van der Waals surface area contributed by atoms with Crippen LogP contribution in [0.15, 0.2) is 18.0 Å². The fraction of sp³-hybridized carbons (Fsp3) is 0.625. The average Bonchev–Trinajstić information content (AvgIpc) is 2.46. The van der Waals surface area contributed by atoms with Crippen LogP contribution in [0.25, 0.3) is 0 Å². The second kappa shape index (κ2) is 7.39. The van der Waals surface area contributed by atoms with Crippen molar-refractivity contribution >= 4 is 17.3 Å². The standard InChI is InChI=1S/C16H25N5O2/c1-16(2,3)20-15-13(21(22)23)14(18-11-19-15)17-10-9-12-7-5-4-6-8-12/h7,11H,4-6,8-10H2,1-3H3,(H2,17,18,19,20). The van der Waals surface area contributed by atoms with Crippen LogP contribution in [0.2, 0.25) is 0 Å². The van der Waals surface area contributed by atoms with Gasteiger partial charge in [0.25, 0.3) is 0 Å². The van der Waals surface area contributed by atoms with Crippen molar-refractivity contribution < 1.29 is 4.92 Å². The number of anilines is 2. The molecule has 126 valence electrons. The molecule has 23 heavy (non-hydrogen) atoms. The van der Waals surface area contributed by atoms with Crippen molar-refractivity contribution in [3.63, 3.8) is 0 Å². The molecule has 1 aliphatic rings. The second-order valence-electron chi connectivity index (χ2n) is 6.84. The van der Waals surface area contributed by atoms with Gasteiger partial charge in [0, 0.05) is 12.1 Å². The Morgan fingerprint density at radius 1 is 1.26 bits per heavy atom. The first-order valence-electron chi connectivity index (χ1n) is 8.06. The highest BCUT2D eigenvalue weighted by molar-refractivity contribution is 5.69. The molecule has 0 fully saturated rings. The van der Waals surface area contributed by atoms with Crippen molar-refractivity contribution in [3.05, 3.63) is 28.1 Å². The fourth-order valence-corrected chi connectivity index (χ4v) is 2.60. The quantitative estimate of drug-likeness (QED) is 0.469. The van der Waals surface area contributed by atoms with Gasteiger partial charge in [-0.15, -0.1) is 0 Å². The number of allylic oxidation sites excluding steroid dienone is 1. The van der Waals surface area contributed by atoms with Gasteiger partial charge in [-0.05, 0) is 52.9 Å². The van der Waals surface area contributed by atoms with Gasteiger partial charge < -0.3 is 10.6 Å². The maximum Gasteiger partial charge on any atom is 0.353 e. The van der Waals surface area contributed by atoms with E-state index >= 15 is 0 Å². The van der Waals surface area contributed by atoms with E-state index in [1.54, 1.807) is 0 Å². The molecule has 1 aromatic rings. The van der Waals surface area contributed by atoms with E-state index in [2.05, 4.69) is 26.7 Å². The van der Waals surface area contributed by atoms with Crippen LogP contribution >= 0.6 is 0 Å². The Morgan fingerprint density at radius 3 is 2.61 bits per heavy atom. The third-order valence-corrected chi connectivity index (χ3v) is 3.62. The summed E-state index contributed by atoms with van der Waals surface area (Å²) in [6.45, 7) is 6.43. The molecule has 7 heteroatoms. The van der Waals surface area contributed by atoms with Gasteiger partial charge in [0.15, 0.2) is 0 Å². The number of rotatable bonds is 6. The second-order valence-corrected chi connectivity index (χ2v) is 6.84. The van der Waals surface area contributed by atoms with Crippen LogP contribution < -0.4 is 10.6 Å². The molecule has 0 aliphatic heterocycles. The third-order valence-electron chi connectivity index (χ3n) is 3.62. The first-order chi connectivity index (χ1) is 10.9. The lowest BCUT2D eigenvalue weighted by Gasteiger charge is -2.21. The van der Waals surface area contributed by atoms with Gasteiger partial charge in [-0.3, -0.25) is 10.1 Å². The van der Waals surface area contributed by atoms with Crippen LogP contribution in [-0.2, 0) is 0 Å². The number of hydrogen-bond acceptors (Lipinski definition) is 6. The van der Waals surface area contributed by atoms with E-state index in [9.17, 15) is 10.1 Å². The van der Waals surface area contributed by atoms with E-state index < -0.39 is 4.92 Å². The first-order valence-corrected chi connectivity index (χ1v) is 8.06. The largest absolute Gasteiger partial charge is 0.364 e. The van der Waals surface area contributed by atoms with Crippen LogP contribution in [-0.4, -0.2) is 27.0 Å². The van der Waals surface area contributed by atoms with Gasteiger partial charge >= 0.3 is 5.69 Å². The zero-order valence-electron chi connectivity index (χ0n) is 14.1. The molecule has 0 radical (unpaired) electrons. The zero-order chi connectivity index (χ0) is 16.9. The molecule has 0 atom stereocenters. The highest BCUT2D eigenvalue weighted by atomic mass is 16.6. The summed E-state index contributed by atoms with van der Waals surface area (Å²) in [4.78, 5) is 19.1. The molecule has 7 nitrogen and oxygen atoms in total. The Bertz CT molecular complexity index is 593. The van der Waals surface area contributed by atoms with Crippen molar-refractivity contribution in [3.8, 4) is 0 Å². The molecule has 0 saturated heterocycles. The Kier molecular flexibility index (Phi) is 5.52. The van der Waals surface area contributed by atoms with Crippen molar-refractivity contribution in [1.29, 1.82) is 0 Å². The number of nitrogens with zero attached hydrogens (tertiary/aromatic N) is 3. The lowest BCUT2D eigenvalue weighted by atomic mass is 9.97. The summed E-state index contributed by atoms with van der Waals surface area (Å²) in [5, 5.41) is 17.6. The van der Waals surface area contributed by atoms with Crippen molar-refractivity contribution in [1.82, 2.24) is 9.97 Å². The van der Waals surface area contributed by atoms with E-state index in [4.69, 9.17) is 0 Å². The summed E-state index contributed by atoms with van der Waals surface area (Å²) in [5.41, 5.74) is 1.01.